The van der Waals surface area contributed by atoms with E-state index in [1.165, 1.54) is 11.1 Å². The molecule has 5 aliphatic rings. The van der Waals surface area contributed by atoms with Crippen molar-refractivity contribution in [3.8, 4) is 0 Å². The molecule has 2 fully saturated rings. The van der Waals surface area contributed by atoms with Crippen LogP contribution in [0.3, 0.4) is 0 Å². The van der Waals surface area contributed by atoms with Crippen molar-refractivity contribution in [3.63, 3.8) is 0 Å². The van der Waals surface area contributed by atoms with Gasteiger partial charge < -0.3 is 14.7 Å². The summed E-state index contributed by atoms with van der Waals surface area (Å²) in [6.07, 6.45) is 5.88. The molecule has 1 N–H and O–H groups in total. The van der Waals surface area contributed by atoms with Gasteiger partial charge in [0.1, 0.15) is 25.4 Å². The maximum atomic E-state index is 13.9. The molecule has 0 saturated carbocycles. The monoisotopic (exact) mass is 494 g/mol. The number of amides is 1. The third kappa shape index (κ3) is 2.88. The normalized spacial score (nSPS) is 31.6. The first-order valence-electron chi connectivity index (χ1n) is 13.4. The lowest BCUT2D eigenvalue weighted by Crippen LogP contribution is -2.64. The number of hydrogen-bond acceptors (Lipinski definition) is 4. The number of benzene rings is 2. The van der Waals surface area contributed by atoms with Crippen LogP contribution < -0.4 is 10.2 Å². The summed E-state index contributed by atoms with van der Waals surface area (Å²) in [4.78, 5) is 40.2. The Hall–Kier alpha value is -3.51. The van der Waals surface area contributed by atoms with Gasteiger partial charge in [0.05, 0.1) is 12.0 Å². The number of para-hydroxylation sites is 1. The predicted octanol–water partition coefficient (Wildman–Crippen LogP) is 4.16. The van der Waals surface area contributed by atoms with Crippen molar-refractivity contribution in [3.05, 3.63) is 82.1 Å². The molecule has 2 aromatic rings. The van der Waals surface area contributed by atoms with Gasteiger partial charge in [-0.2, -0.15) is 0 Å². The Kier molecular flexibility index (Phi) is 4.75. The van der Waals surface area contributed by atoms with E-state index in [0.717, 1.165) is 76.9 Å². The van der Waals surface area contributed by atoms with Crippen molar-refractivity contribution in [2.75, 3.05) is 36.4 Å². The Morgan fingerprint density at radius 1 is 1.22 bits per heavy atom. The van der Waals surface area contributed by atoms with Crippen molar-refractivity contribution in [2.45, 2.75) is 44.6 Å². The first-order valence-corrected chi connectivity index (χ1v) is 13.4. The topological polar surface area (TPSA) is 66.5 Å². The second-order valence-corrected chi connectivity index (χ2v) is 11.5. The molecule has 1 amide bonds. The minimum Gasteiger partial charge on any atom is -0.357 e. The molecule has 6 heteroatoms. The number of quaternary nitrogens is 1. The molecular weight excluding hydrogens is 462 g/mol. The van der Waals surface area contributed by atoms with Crippen LogP contribution in [0.4, 0.5) is 11.4 Å². The van der Waals surface area contributed by atoms with E-state index in [9.17, 15) is 14.4 Å². The second kappa shape index (κ2) is 7.75. The number of hydrogen-bond donors (Lipinski definition) is 1. The Balaban J connectivity index is 1.30. The van der Waals surface area contributed by atoms with Crippen molar-refractivity contribution in [1.29, 1.82) is 0 Å². The minimum atomic E-state index is -0.233. The molecule has 6 nitrogen and oxygen atoms in total. The summed E-state index contributed by atoms with van der Waals surface area (Å²) in [5.41, 5.74) is 8.17. The lowest BCUT2D eigenvalue weighted by molar-refractivity contribution is -0.934. The Morgan fingerprint density at radius 3 is 2.84 bits per heavy atom. The summed E-state index contributed by atoms with van der Waals surface area (Å²) >= 11 is 0. The van der Waals surface area contributed by atoms with Gasteiger partial charge in [0.15, 0.2) is 0 Å². The van der Waals surface area contributed by atoms with E-state index in [0.29, 0.717) is 13.1 Å². The minimum absolute atomic E-state index is 0.0431. The standard InChI is InChI=1S/C31H31N3O3/c1-3-20-16-34(17-28(37)22-8-9-27-21(14-22)10-12-33(27)19(2)36)13-11-31-25-6-4-5-7-26(25)32-30(31)24(18-35)23(20)15-29(31)34/h3-9,14,18,23,29H,10-13,15-17H2,1-2H3/p+1/b20-3-/t23-,29+,31+,34?/m0/s1. The van der Waals surface area contributed by atoms with E-state index >= 15 is 0 Å². The van der Waals surface area contributed by atoms with Crippen LogP contribution in [0.2, 0.25) is 0 Å². The molecule has 1 aliphatic carbocycles. The number of allylic oxidation sites excluding steroid dienone is 2. The summed E-state index contributed by atoms with van der Waals surface area (Å²) in [6.45, 7) is 6.52. The number of piperidine rings is 1. The first-order chi connectivity index (χ1) is 17.9. The van der Waals surface area contributed by atoms with E-state index < -0.39 is 0 Å². The quantitative estimate of drug-likeness (QED) is 0.300. The molecule has 2 bridgehead atoms. The van der Waals surface area contributed by atoms with E-state index in [-0.39, 0.29) is 29.1 Å². The average Bonchev–Trinajstić information content (AvgIpc) is 3.58. The highest BCUT2D eigenvalue weighted by Crippen LogP contribution is 2.63. The highest BCUT2D eigenvalue weighted by atomic mass is 16.2. The third-order valence-electron chi connectivity index (χ3n) is 10.00. The van der Waals surface area contributed by atoms with Crippen LogP contribution in [0.25, 0.3) is 0 Å². The van der Waals surface area contributed by atoms with Gasteiger partial charge in [0, 0.05) is 60.4 Å². The van der Waals surface area contributed by atoms with Crippen LogP contribution in [0.5, 0.6) is 0 Å². The number of nitrogens with zero attached hydrogens (tertiary/aromatic N) is 2. The van der Waals surface area contributed by atoms with Gasteiger partial charge in [-0.1, -0.05) is 24.3 Å². The molecule has 2 aromatic carbocycles. The van der Waals surface area contributed by atoms with Gasteiger partial charge in [0.2, 0.25) is 11.7 Å². The number of aldehydes is 1. The molecule has 188 valence electrons. The zero-order valence-corrected chi connectivity index (χ0v) is 21.4. The van der Waals surface area contributed by atoms with Gasteiger partial charge in [-0.15, -0.1) is 0 Å². The Bertz CT molecular complexity index is 1460. The number of Topliss-reactive ketones (excluding diaryl/α,β-unsaturated/α-hetero) is 1. The van der Waals surface area contributed by atoms with E-state index in [4.69, 9.17) is 0 Å². The zero-order valence-electron chi connectivity index (χ0n) is 21.4. The molecule has 37 heavy (non-hydrogen) atoms. The number of nitrogens with one attached hydrogen (secondary N) is 1. The largest absolute Gasteiger partial charge is 0.357 e. The highest BCUT2D eigenvalue weighted by Gasteiger charge is 2.68. The second-order valence-electron chi connectivity index (χ2n) is 11.5. The van der Waals surface area contributed by atoms with Crippen LogP contribution in [0.15, 0.2) is 65.4 Å². The molecule has 4 atom stereocenters. The van der Waals surface area contributed by atoms with Crippen molar-refractivity contribution < 1.29 is 18.9 Å². The molecule has 0 aromatic heterocycles. The summed E-state index contributed by atoms with van der Waals surface area (Å²) in [7, 11) is 0. The Labute approximate surface area is 217 Å². The third-order valence-corrected chi connectivity index (χ3v) is 10.00. The fourth-order valence-electron chi connectivity index (χ4n) is 8.41. The molecule has 0 radical (unpaired) electrons. The van der Waals surface area contributed by atoms with Crippen LogP contribution in [-0.4, -0.2) is 54.7 Å². The maximum Gasteiger partial charge on any atom is 0.223 e. The van der Waals surface area contributed by atoms with E-state index in [2.05, 4.69) is 36.5 Å². The van der Waals surface area contributed by atoms with Crippen molar-refractivity contribution in [1.82, 2.24) is 0 Å². The summed E-state index contributed by atoms with van der Waals surface area (Å²) < 4.78 is 0.747. The van der Waals surface area contributed by atoms with Crippen LogP contribution in [0, 0.1) is 5.92 Å². The first kappa shape index (κ1) is 22.7. The lowest BCUT2D eigenvalue weighted by Gasteiger charge is -2.53. The number of carbonyl (C=O) groups is 3. The number of ketones is 1. The number of fused-ring (bicyclic) bond motifs is 3. The number of anilines is 2. The van der Waals surface area contributed by atoms with E-state index in [1.54, 1.807) is 11.8 Å². The average molecular weight is 495 g/mol. The SMILES string of the molecule is C/C=C1/C[N+]2(CC(=O)c3ccc4c(c3)CCN4C(C)=O)CC[C@]34C(=C(C=O)[C@H]1C[C@H]32)Nc1ccccc14. The molecule has 4 aliphatic heterocycles. The fraction of sp³-hybridized carbons (Fsp3) is 0.387. The molecule has 1 unspecified atom stereocenters. The summed E-state index contributed by atoms with van der Waals surface area (Å²) in [5.74, 6) is 0.331. The predicted molar refractivity (Wildman–Crippen MR) is 142 cm³/mol. The van der Waals surface area contributed by atoms with Crippen molar-refractivity contribution >= 4 is 29.4 Å². The van der Waals surface area contributed by atoms with Crippen LogP contribution >= 0.6 is 0 Å². The lowest BCUT2D eigenvalue weighted by atomic mass is 9.61. The number of carbonyl (C=O) groups excluding carboxylic acids is 3. The zero-order chi connectivity index (χ0) is 25.5. The fourth-order valence-corrected chi connectivity index (χ4v) is 8.41. The van der Waals surface area contributed by atoms with Gasteiger partial charge in [0.25, 0.3) is 0 Å². The van der Waals surface area contributed by atoms with Gasteiger partial charge in [-0.25, -0.2) is 0 Å². The maximum absolute atomic E-state index is 13.9. The number of rotatable bonds is 4. The van der Waals surface area contributed by atoms with Crippen LogP contribution in [0.1, 0.15) is 48.2 Å². The summed E-state index contributed by atoms with van der Waals surface area (Å²) in [5, 5.41) is 3.67. The Morgan fingerprint density at radius 2 is 2.05 bits per heavy atom. The smallest absolute Gasteiger partial charge is 0.223 e. The molecule has 2 saturated heterocycles. The highest BCUT2D eigenvalue weighted by molar-refractivity contribution is 5.99. The van der Waals surface area contributed by atoms with Gasteiger partial charge >= 0.3 is 0 Å². The van der Waals surface area contributed by atoms with Crippen LogP contribution in [-0.2, 0) is 21.4 Å². The van der Waals surface area contributed by atoms with Crippen molar-refractivity contribution in [2.24, 2.45) is 5.92 Å². The van der Waals surface area contributed by atoms with E-state index in [1.807, 2.05) is 24.3 Å². The van der Waals surface area contributed by atoms with Gasteiger partial charge in [-0.3, -0.25) is 14.4 Å². The molecule has 7 rings (SSSR count). The molecule has 1 spiro atoms. The molecular formula is C31H32N3O3+. The van der Waals surface area contributed by atoms with Gasteiger partial charge in [-0.05, 0) is 54.3 Å². The molecule has 4 heterocycles. The summed E-state index contributed by atoms with van der Waals surface area (Å²) in [6, 6.07) is 14.6.